The van der Waals surface area contributed by atoms with E-state index in [1.807, 2.05) is 20.9 Å². The lowest BCUT2D eigenvalue weighted by Crippen LogP contribution is -2.42. The second kappa shape index (κ2) is 8.08. The SMILES string of the molecule is CN=C(NCCN1CCCCC1)NCc1cc(C)oc1C. The van der Waals surface area contributed by atoms with Gasteiger partial charge in [-0.1, -0.05) is 6.42 Å². The van der Waals surface area contributed by atoms with E-state index < -0.39 is 0 Å². The molecule has 2 rings (SSSR count). The maximum atomic E-state index is 5.53. The minimum atomic E-state index is 0.743. The summed E-state index contributed by atoms with van der Waals surface area (Å²) in [6.45, 7) is 9.21. The van der Waals surface area contributed by atoms with Gasteiger partial charge in [-0.25, -0.2) is 0 Å². The molecule has 0 saturated carbocycles. The molecule has 0 unspecified atom stereocenters. The molecule has 1 aliphatic rings. The van der Waals surface area contributed by atoms with Crippen LogP contribution in [0.1, 0.15) is 36.3 Å². The monoisotopic (exact) mass is 292 g/mol. The number of nitrogens with zero attached hydrogens (tertiary/aromatic N) is 2. The Labute approximate surface area is 127 Å². The highest BCUT2D eigenvalue weighted by molar-refractivity contribution is 5.79. The first-order chi connectivity index (χ1) is 10.2. The molecule has 1 saturated heterocycles. The molecule has 2 heterocycles. The molecule has 0 radical (unpaired) electrons. The van der Waals surface area contributed by atoms with E-state index >= 15 is 0 Å². The molecular formula is C16H28N4O. The number of nitrogens with one attached hydrogen (secondary N) is 2. The van der Waals surface area contributed by atoms with Crippen LogP contribution in [0.15, 0.2) is 15.5 Å². The molecule has 5 heteroatoms. The van der Waals surface area contributed by atoms with Crippen LogP contribution in [0.25, 0.3) is 0 Å². The Morgan fingerprint density at radius 3 is 2.62 bits per heavy atom. The average Bonchev–Trinajstić information content (AvgIpc) is 2.81. The normalized spacial score (nSPS) is 17.0. The van der Waals surface area contributed by atoms with Crippen LogP contribution in [0.2, 0.25) is 0 Å². The van der Waals surface area contributed by atoms with Crippen molar-refractivity contribution < 1.29 is 4.42 Å². The van der Waals surface area contributed by atoms with Gasteiger partial charge in [0.05, 0.1) is 0 Å². The molecule has 0 amide bonds. The first-order valence-electron chi connectivity index (χ1n) is 7.92. The van der Waals surface area contributed by atoms with E-state index in [1.54, 1.807) is 0 Å². The van der Waals surface area contributed by atoms with Crippen LogP contribution in [0, 0.1) is 13.8 Å². The van der Waals surface area contributed by atoms with Crippen molar-refractivity contribution in [2.75, 3.05) is 33.2 Å². The van der Waals surface area contributed by atoms with Gasteiger partial charge in [0.1, 0.15) is 11.5 Å². The number of likely N-dealkylation sites (tertiary alicyclic amines) is 1. The number of guanidine groups is 1. The molecule has 0 spiro atoms. The fourth-order valence-corrected chi connectivity index (χ4v) is 2.77. The van der Waals surface area contributed by atoms with Gasteiger partial charge in [-0.3, -0.25) is 4.99 Å². The molecule has 0 atom stereocenters. The summed E-state index contributed by atoms with van der Waals surface area (Å²) in [4.78, 5) is 6.79. The summed E-state index contributed by atoms with van der Waals surface area (Å²) in [6.07, 6.45) is 4.06. The number of furan rings is 1. The van der Waals surface area contributed by atoms with Crippen molar-refractivity contribution in [3.05, 3.63) is 23.2 Å². The molecule has 0 bridgehead atoms. The summed E-state index contributed by atoms with van der Waals surface area (Å²) in [7, 11) is 1.81. The summed E-state index contributed by atoms with van der Waals surface area (Å²) in [6, 6.07) is 2.07. The number of rotatable bonds is 5. The number of aliphatic imine (C=N–C) groups is 1. The van der Waals surface area contributed by atoms with Crippen molar-refractivity contribution >= 4 is 5.96 Å². The van der Waals surface area contributed by atoms with E-state index in [-0.39, 0.29) is 0 Å². The summed E-state index contributed by atoms with van der Waals surface area (Å²) in [5.74, 6) is 2.78. The van der Waals surface area contributed by atoms with Crippen LogP contribution in [0.4, 0.5) is 0 Å². The smallest absolute Gasteiger partial charge is 0.191 e. The second-order valence-electron chi connectivity index (χ2n) is 5.69. The Balaban J connectivity index is 1.69. The molecule has 0 aliphatic carbocycles. The molecule has 5 nitrogen and oxygen atoms in total. The van der Waals surface area contributed by atoms with Gasteiger partial charge in [-0.05, 0) is 45.8 Å². The van der Waals surface area contributed by atoms with Crippen molar-refractivity contribution in [2.24, 2.45) is 4.99 Å². The zero-order valence-corrected chi connectivity index (χ0v) is 13.5. The fraction of sp³-hybridized carbons (Fsp3) is 0.688. The van der Waals surface area contributed by atoms with Gasteiger partial charge in [-0.2, -0.15) is 0 Å². The van der Waals surface area contributed by atoms with Crippen molar-refractivity contribution in [1.82, 2.24) is 15.5 Å². The van der Waals surface area contributed by atoms with E-state index in [1.165, 1.54) is 37.9 Å². The fourth-order valence-electron chi connectivity index (χ4n) is 2.77. The molecule has 2 N–H and O–H groups in total. The van der Waals surface area contributed by atoms with E-state index in [4.69, 9.17) is 4.42 Å². The molecule has 1 aromatic heterocycles. The van der Waals surface area contributed by atoms with Gasteiger partial charge in [0, 0.05) is 32.2 Å². The van der Waals surface area contributed by atoms with Crippen LogP contribution in [0.3, 0.4) is 0 Å². The van der Waals surface area contributed by atoms with Crippen LogP contribution in [0.5, 0.6) is 0 Å². The Kier molecular flexibility index (Phi) is 6.11. The Hall–Kier alpha value is -1.49. The van der Waals surface area contributed by atoms with Crippen molar-refractivity contribution in [3.63, 3.8) is 0 Å². The predicted octanol–water partition coefficient (Wildman–Crippen LogP) is 2.05. The summed E-state index contributed by atoms with van der Waals surface area (Å²) in [5.41, 5.74) is 1.19. The van der Waals surface area contributed by atoms with Gasteiger partial charge in [0.15, 0.2) is 5.96 Å². The van der Waals surface area contributed by atoms with Gasteiger partial charge >= 0.3 is 0 Å². The van der Waals surface area contributed by atoms with E-state index in [2.05, 4.69) is 26.6 Å². The topological polar surface area (TPSA) is 52.8 Å². The summed E-state index contributed by atoms with van der Waals surface area (Å²) >= 11 is 0. The zero-order valence-electron chi connectivity index (χ0n) is 13.5. The van der Waals surface area contributed by atoms with E-state index in [0.29, 0.717) is 0 Å². The van der Waals surface area contributed by atoms with Gasteiger partial charge < -0.3 is 20.0 Å². The first-order valence-corrected chi connectivity index (χ1v) is 7.92. The number of hydrogen-bond acceptors (Lipinski definition) is 3. The number of aryl methyl sites for hydroxylation is 2. The quantitative estimate of drug-likeness (QED) is 0.644. The predicted molar refractivity (Wildman–Crippen MR) is 86.7 cm³/mol. The Morgan fingerprint density at radius 1 is 1.24 bits per heavy atom. The van der Waals surface area contributed by atoms with Gasteiger partial charge in [0.25, 0.3) is 0 Å². The molecular weight excluding hydrogens is 264 g/mol. The van der Waals surface area contributed by atoms with E-state index in [0.717, 1.165) is 37.1 Å². The second-order valence-corrected chi connectivity index (χ2v) is 5.69. The number of hydrogen-bond donors (Lipinski definition) is 2. The van der Waals surface area contributed by atoms with Crippen molar-refractivity contribution in [3.8, 4) is 0 Å². The average molecular weight is 292 g/mol. The van der Waals surface area contributed by atoms with Crippen LogP contribution in [-0.4, -0.2) is 44.1 Å². The number of piperidine rings is 1. The lowest BCUT2D eigenvalue weighted by molar-refractivity contribution is 0.232. The van der Waals surface area contributed by atoms with E-state index in [9.17, 15) is 0 Å². The minimum Gasteiger partial charge on any atom is -0.466 e. The molecule has 1 aliphatic heterocycles. The largest absolute Gasteiger partial charge is 0.466 e. The lowest BCUT2D eigenvalue weighted by atomic mass is 10.1. The third kappa shape index (κ3) is 5.08. The zero-order chi connectivity index (χ0) is 15.1. The molecule has 1 fully saturated rings. The standard InChI is InChI=1S/C16H28N4O/c1-13-11-15(14(2)21-13)12-19-16(17-3)18-7-10-20-8-5-4-6-9-20/h11H,4-10,12H2,1-3H3,(H2,17,18,19). The summed E-state index contributed by atoms with van der Waals surface area (Å²) < 4.78 is 5.53. The van der Waals surface area contributed by atoms with Gasteiger partial charge in [0.2, 0.25) is 0 Å². The molecule has 1 aromatic rings. The third-order valence-corrected chi connectivity index (χ3v) is 3.98. The minimum absolute atomic E-state index is 0.743. The molecule has 0 aromatic carbocycles. The Bertz CT molecular complexity index is 461. The van der Waals surface area contributed by atoms with Crippen molar-refractivity contribution in [2.45, 2.75) is 39.7 Å². The Morgan fingerprint density at radius 2 is 2.00 bits per heavy atom. The van der Waals surface area contributed by atoms with Gasteiger partial charge in [-0.15, -0.1) is 0 Å². The molecule has 21 heavy (non-hydrogen) atoms. The molecule has 118 valence electrons. The van der Waals surface area contributed by atoms with Crippen LogP contribution < -0.4 is 10.6 Å². The van der Waals surface area contributed by atoms with Crippen LogP contribution >= 0.6 is 0 Å². The highest BCUT2D eigenvalue weighted by Gasteiger charge is 2.10. The maximum Gasteiger partial charge on any atom is 0.191 e. The summed E-state index contributed by atoms with van der Waals surface area (Å²) in [5, 5.41) is 6.72. The first kappa shape index (κ1) is 15.9. The van der Waals surface area contributed by atoms with Crippen LogP contribution in [-0.2, 0) is 6.54 Å². The third-order valence-electron chi connectivity index (χ3n) is 3.98. The van der Waals surface area contributed by atoms with Crippen molar-refractivity contribution in [1.29, 1.82) is 0 Å². The highest BCUT2D eigenvalue weighted by atomic mass is 16.3. The lowest BCUT2D eigenvalue weighted by Gasteiger charge is -2.26. The highest BCUT2D eigenvalue weighted by Crippen LogP contribution is 2.12. The maximum absolute atomic E-state index is 5.53.